The van der Waals surface area contributed by atoms with Gasteiger partial charge in [-0.3, -0.25) is 42.8 Å². The van der Waals surface area contributed by atoms with Gasteiger partial charge in [0, 0.05) is 81.3 Å². The van der Waals surface area contributed by atoms with Gasteiger partial charge in [-0.25, -0.2) is 14.8 Å². The van der Waals surface area contributed by atoms with Gasteiger partial charge in [-0.05, 0) is 69.5 Å². The molecule has 1 saturated heterocycles. The number of fused-ring (bicyclic) bond motifs is 1. The van der Waals surface area contributed by atoms with Gasteiger partial charge in [0.15, 0.2) is 0 Å². The first-order valence-corrected chi connectivity index (χ1v) is 23.9. The van der Waals surface area contributed by atoms with Crippen LogP contribution in [0.1, 0.15) is 77.7 Å². The number of nitrogens with one attached hydrogen (secondary N) is 3. The number of aromatic nitrogens is 5. The molecule has 5 heterocycles. The molecule has 0 bridgehead atoms. The molecule has 3 aliphatic rings. The molecule has 392 valence electrons. The fourth-order valence-corrected chi connectivity index (χ4v) is 7.68. The number of ether oxygens (including phenoxy) is 1. The van der Waals surface area contributed by atoms with Crippen molar-refractivity contribution in [3.63, 3.8) is 0 Å². The second-order valence-corrected chi connectivity index (χ2v) is 17.5. The number of benzene rings is 1. The van der Waals surface area contributed by atoms with Gasteiger partial charge in [0.1, 0.15) is 30.7 Å². The van der Waals surface area contributed by atoms with E-state index in [1.807, 2.05) is 42.1 Å². The lowest BCUT2D eigenvalue weighted by Crippen LogP contribution is -2.55. The minimum atomic E-state index is -1.39. The zero-order valence-electron chi connectivity index (χ0n) is 42.2. The first-order valence-electron chi connectivity index (χ1n) is 23.9. The van der Waals surface area contributed by atoms with Crippen LogP contribution in [0.5, 0.6) is 0 Å². The van der Waals surface area contributed by atoms with Crippen LogP contribution < -0.4 is 21.8 Å². The van der Waals surface area contributed by atoms with Crippen LogP contribution in [-0.4, -0.2) is 151 Å². The molecule has 3 aromatic heterocycles. The summed E-state index contributed by atoms with van der Waals surface area (Å²) in [5.74, 6) is -3.51. The molecule has 24 nitrogen and oxygen atoms in total. The summed E-state index contributed by atoms with van der Waals surface area (Å²) in [6, 6.07) is 7.92. The van der Waals surface area contributed by atoms with Crippen molar-refractivity contribution in [2.24, 2.45) is 11.7 Å². The highest BCUT2D eigenvalue weighted by Gasteiger charge is 2.39. The SMILES string of the molecule is CC#N.CCC.CN(C)CCN(C)C(=O)OCc1ccc(NC(=O)CNC(=O)C2CCCN2C(=O)C(CC(N)=O)NON2C(=O)C=CC2=O)cc1.O=Cn1ccc2c(-c3cnn(CC4CCCC4)c3)ncnc21. The standard InChI is InChI=1S/C28H38N8O9.C16H17N5O.C3H8.C2H3N/c1-33(2)13-14-34(3)28(43)44-17-18-6-8-19(9-7-18)31-23(38)16-30-26(41)21-5-4-12-35(21)27(42)20(15-22(29)37)32-45-36-24(39)10-11-25(36)40;22-11-20-6-5-14-15(17-10-18-16(14)20)13-7-19-21(9-13)8-12-3-1-2-4-12;1-3-2;1-2-3/h6-11,20-21,32H,4-5,12-17H2,1-3H3,(H2,29,37)(H,30,41)(H,31,38);5-7,9-12H,1-4,8H2;3H2,1-2H3;1H3. The number of primary amides is 1. The van der Waals surface area contributed by atoms with Crippen LogP contribution in [-0.2, 0) is 56.4 Å². The molecule has 2 atom stereocenters. The fourth-order valence-electron chi connectivity index (χ4n) is 7.68. The molecule has 4 aromatic rings. The van der Waals surface area contributed by atoms with E-state index in [0.29, 0.717) is 47.9 Å². The van der Waals surface area contributed by atoms with Gasteiger partial charge in [-0.1, -0.05) is 45.2 Å². The average Bonchev–Trinajstić information content (AvgIpc) is 4.24. The summed E-state index contributed by atoms with van der Waals surface area (Å²) in [4.78, 5) is 115. The van der Waals surface area contributed by atoms with E-state index in [-0.39, 0.29) is 19.7 Å². The fraction of sp³-hybridized carbons (Fsp3) is 0.469. The number of hydroxylamine groups is 3. The van der Waals surface area contributed by atoms with Crippen LogP contribution in [0.3, 0.4) is 0 Å². The lowest BCUT2D eigenvalue weighted by molar-refractivity contribution is -0.213. The summed E-state index contributed by atoms with van der Waals surface area (Å²) in [6.45, 7) is 7.73. The first-order chi connectivity index (χ1) is 35.0. The van der Waals surface area contributed by atoms with E-state index in [1.165, 1.54) is 59.7 Å². The molecular formula is C49H66N14O10. The van der Waals surface area contributed by atoms with Crippen LogP contribution in [0, 0.1) is 17.2 Å². The number of imide groups is 1. The number of carbonyl (C=O) groups excluding carboxylic acids is 8. The number of anilines is 1. The highest BCUT2D eigenvalue weighted by molar-refractivity contribution is 6.11. The Morgan fingerprint density at radius 3 is 2.27 bits per heavy atom. The number of likely N-dealkylation sites (tertiary alicyclic amines) is 1. The van der Waals surface area contributed by atoms with Gasteiger partial charge in [0.05, 0.1) is 30.9 Å². The molecule has 1 aromatic carbocycles. The van der Waals surface area contributed by atoms with Crippen LogP contribution in [0.2, 0.25) is 0 Å². The second kappa shape index (κ2) is 29.5. The van der Waals surface area contributed by atoms with Crippen LogP contribution >= 0.6 is 0 Å². The largest absolute Gasteiger partial charge is 0.445 e. The van der Waals surface area contributed by atoms with Crippen molar-refractivity contribution in [3.8, 4) is 17.3 Å². The van der Waals surface area contributed by atoms with Crippen molar-refractivity contribution in [2.75, 3.05) is 52.6 Å². The van der Waals surface area contributed by atoms with Crippen molar-refractivity contribution in [1.82, 2.24) is 54.9 Å². The van der Waals surface area contributed by atoms with E-state index >= 15 is 0 Å². The van der Waals surface area contributed by atoms with Crippen LogP contribution in [0.4, 0.5) is 10.5 Å². The van der Waals surface area contributed by atoms with E-state index in [1.54, 1.807) is 43.6 Å². The lowest BCUT2D eigenvalue weighted by Gasteiger charge is -2.28. The highest BCUT2D eigenvalue weighted by Crippen LogP contribution is 2.28. The van der Waals surface area contributed by atoms with Crippen molar-refractivity contribution >= 4 is 64.7 Å². The smallest absolute Gasteiger partial charge is 0.409 e. The van der Waals surface area contributed by atoms with Crippen molar-refractivity contribution in [3.05, 3.63) is 73.0 Å². The highest BCUT2D eigenvalue weighted by atomic mass is 16.8. The molecule has 73 heavy (non-hydrogen) atoms. The number of nitrogens with two attached hydrogens (primary N) is 1. The Kier molecular flexibility index (Phi) is 23.3. The Labute approximate surface area is 423 Å². The third-order valence-electron chi connectivity index (χ3n) is 11.3. The van der Waals surface area contributed by atoms with Crippen molar-refractivity contribution < 1.29 is 48.0 Å². The maximum absolute atomic E-state index is 13.2. The molecule has 2 unspecified atom stereocenters. The molecule has 0 radical (unpaired) electrons. The molecular weight excluding hydrogens is 945 g/mol. The maximum atomic E-state index is 13.2. The molecule has 2 aliphatic heterocycles. The summed E-state index contributed by atoms with van der Waals surface area (Å²) >= 11 is 0. The minimum Gasteiger partial charge on any atom is -0.445 e. The van der Waals surface area contributed by atoms with E-state index in [9.17, 15) is 38.4 Å². The summed E-state index contributed by atoms with van der Waals surface area (Å²) in [5.41, 5.74) is 11.1. The maximum Gasteiger partial charge on any atom is 0.409 e. The van der Waals surface area contributed by atoms with Gasteiger partial charge in [-0.2, -0.15) is 20.8 Å². The van der Waals surface area contributed by atoms with Gasteiger partial charge in [-0.15, -0.1) is 5.06 Å². The van der Waals surface area contributed by atoms with Gasteiger partial charge in [0.2, 0.25) is 30.0 Å². The molecule has 1 saturated carbocycles. The van der Waals surface area contributed by atoms with Crippen molar-refractivity contribution in [1.29, 1.82) is 5.26 Å². The third kappa shape index (κ3) is 17.7. The number of amides is 7. The number of likely N-dealkylation sites (N-methyl/N-ethyl adjacent to an activating group) is 2. The number of hydrogen-bond donors (Lipinski definition) is 4. The quantitative estimate of drug-likeness (QED) is 0.0596. The van der Waals surface area contributed by atoms with Crippen molar-refractivity contribution in [2.45, 2.75) is 97.4 Å². The van der Waals surface area contributed by atoms with Crippen LogP contribution in [0.15, 0.2) is 67.4 Å². The average molecular weight is 1010 g/mol. The Balaban J connectivity index is 0.000000338. The Morgan fingerprint density at radius 2 is 1.64 bits per heavy atom. The Morgan fingerprint density at radius 1 is 0.973 bits per heavy atom. The van der Waals surface area contributed by atoms with Gasteiger partial charge < -0.3 is 35.8 Å². The Hall–Kier alpha value is -7.88. The van der Waals surface area contributed by atoms with E-state index in [0.717, 1.165) is 47.7 Å². The predicted octanol–water partition coefficient (Wildman–Crippen LogP) is 2.94. The molecule has 7 amide bonds. The number of carbonyl (C=O) groups is 8. The van der Waals surface area contributed by atoms with Gasteiger partial charge in [0.25, 0.3) is 11.8 Å². The summed E-state index contributed by atoms with van der Waals surface area (Å²) < 4.78 is 8.77. The number of nitriles is 1. The van der Waals surface area contributed by atoms with Gasteiger partial charge >= 0.3 is 6.09 Å². The van der Waals surface area contributed by atoms with E-state index in [2.05, 4.69) is 45.0 Å². The zero-order chi connectivity index (χ0) is 53.5. The predicted molar refractivity (Wildman–Crippen MR) is 267 cm³/mol. The monoisotopic (exact) mass is 1010 g/mol. The summed E-state index contributed by atoms with van der Waals surface area (Å²) in [5, 5.41) is 18.2. The Bertz CT molecular complexity index is 2560. The molecule has 2 fully saturated rings. The lowest BCUT2D eigenvalue weighted by atomic mass is 10.1. The molecule has 1 aliphatic carbocycles. The third-order valence-corrected chi connectivity index (χ3v) is 11.3. The zero-order valence-corrected chi connectivity index (χ0v) is 42.2. The van der Waals surface area contributed by atoms with E-state index in [4.69, 9.17) is 20.7 Å². The van der Waals surface area contributed by atoms with Crippen LogP contribution in [0.25, 0.3) is 22.3 Å². The number of hydrogen-bond acceptors (Lipinski definition) is 16. The number of nitrogens with zero attached hydrogens (tertiary/aromatic N) is 10. The molecule has 5 N–H and O–H groups in total. The first kappa shape index (κ1) is 57.7. The molecule has 0 spiro atoms. The topological polar surface area (TPSA) is 302 Å². The minimum absolute atomic E-state index is 0.0552. The number of rotatable bonds is 19. The van der Waals surface area contributed by atoms with E-state index < -0.39 is 60.0 Å². The summed E-state index contributed by atoms with van der Waals surface area (Å²) in [7, 11) is 5.47. The second-order valence-electron chi connectivity index (χ2n) is 17.5. The molecule has 24 heteroatoms. The normalized spacial score (nSPS) is 15.3. The summed E-state index contributed by atoms with van der Waals surface area (Å²) in [6.07, 6.45) is 16.1. The molecule has 7 rings (SSSR count).